The van der Waals surface area contributed by atoms with Crippen molar-refractivity contribution in [2.24, 2.45) is 0 Å². The number of methoxy groups -OCH3 is 1. The minimum absolute atomic E-state index is 0.420. The Labute approximate surface area is 204 Å². The van der Waals surface area contributed by atoms with Gasteiger partial charge in [-0.1, -0.05) is 0 Å². The number of ether oxygens (including phenoxy) is 3. The van der Waals surface area contributed by atoms with Crippen LogP contribution in [0.2, 0.25) is 0 Å². The Hall–Kier alpha value is -2.26. The van der Waals surface area contributed by atoms with Crippen LogP contribution in [0, 0.1) is 6.92 Å². The number of aromatic nitrogens is 3. The number of hydrogen-bond donors (Lipinski definition) is 1. The number of benzene rings is 1. The van der Waals surface area contributed by atoms with Crippen molar-refractivity contribution in [3.63, 3.8) is 0 Å². The van der Waals surface area contributed by atoms with Gasteiger partial charge in [-0.3, -0.25) is 4.90 Å². The predicted octanol–water partition coefficient (Wildman–Crippen LogP) is 0.979. The summed E-state index contributed by atoms with van der Waals surface area (Å²) in [4.78, 5) is 28.5. The van der Waals surface area contributed by atoms with E-state index in [1.54, 1.807) is 19.2 Å². The Kier molecular flexibility index (Phi) is 7.80. The molecule has 0 radical (unpaired) electrons. The van der Waals surface area contributed by atoms with Crippen LogP contribution in [0.4, 0.5) is 0 Å². The second-order valence-electron chi connectivity index (χ2n) is 7.71. The van der Waals surface area contributed by atoms with Crippen LogP contribution in [0.25, 0.3) is 10.9 Å². The maximum absolute atomic E-state index is 12.3. The molecule has 0 spiro atoms. The summed E-state index contributed by atoms with van der Waals surface area (Å²) in [5.41, 5.74) is 1.74. The predicted molar refractivity (Wildman–Crippen MR) is 128 cm³/mol. The summed E-state index contributed by atoms with van der Waals surface area (Å²) < 4.78 is 17.8. The average Bonchev–Trinajstić information content (AvgIpc) is 3.14. The molecule has 0 saturated carbocycles. The summed E-state index contributed by atoms with van der Waals surface area (Å²) in [6.07, 6.45) is 2.28. The molecule has 1 aliphatic rings. The number of carboxylic acid groups (broad SMARTS) is 1. The van der Waals surface area contributed by atoms with Gasteiger partial charge in [-0.15, -0.1) is 0 Å². The fourth-order valence-electron chi connectivity index (χ4n) is 3.93. The SMILES string of the molecule is COc1cc2c(C(C(=O)O)c3sc([AsH2])nc3C)ncnc2cc1OCCCN1CCOCC1. The Bertz CT molecular complexity index is 1140. The summed E-state index contributed by atoms with van der Waals surface area (Å²) in [5.74, 6) is -0.801. The van der Waals surface area contributed by atoms with Crippen molar-refractivity contribution in [3.8, 4) is 11.5 Å². The van der Waals surface area contributed by atoms with E-state index in [2.05, 4.69) is 19.9 Å². The molecule has 2 unspecified atom stereocenters. The minimum Gasteiger partial charge on any atom is -0.379 e. The summed E-state index contributed by atoms with van der Waals surface area (Å²) in [6.45, 7) is 6.77. The number of aliphatic carboxylic acids is 1. The number of carboxylic acids is 1. The number of morpholine rings is 1. The van der Waals surface area contributed by atoms with E-state index in [4.69, 9.17) is 14.2 Å². The molecule has 0 aliphatic carbocycles. The molecule has 4 rings (SSSR count). The van der Waals surface area contributed by atoms with Crippen LogP contribution in [0.5, 0.6) is 11.5 Å². The Morgan fingerprint density at radius 1 is 1.30 bits per heavy atom. The molecule has 1 saturated heterocycles. The zero-order valence-electron chi connectivity index (χ0n) is 18.6. The molecule has 1 aromatic carbocycles. The first-order valence-corrected chi connectivity index (χ1v) is 12.7. The summed E-state index contributed by atoms with van der Waals surface area (Å²) in [7, 11) is 1.57. The van der Waals surface area contributed by atoms with Gasteiger partial charge < -0.3 is 4.74 Å². The molecule has 176 valence electrons. The molecule has 1 aliphatic heterocycles. The molecule has 2 aromatic heterocycles. The van der Waals surface area contributed by atoms with Gasteiger partial charge in [0.25, 0.3) is 0 Å². The van der Waals surface area contributed by atoms with Gasteiger partial charge in [0.15, 0.2) is 0 Å². The Morgan fingerprint density at radius 3 is 2.76 bits per heavy atom. The molecule has 3 aromatic rings. The third kappa shape index (κ3) is 5.46. The maximum atomic E-state index is 12.3. The Balaban J connectivity index is 1.59. The van der Waals surface area contributed by atoms with Crippen LogP contribution >= 0.6 is 11.3 Å². The molecular weight excluding hydrogens is 507 g/mol. The van der Waals surface area contributed by atoms with Crippen LogP contribution in [-0.2, 0) is 9.53 Å². The van der Waals surface area contributed by atoms with Crippen molar-refractivity contribution in [3.05, 3.63) is 34.7 Å². The summed E-state index contributed by atoms with van der Waals surface area (Å²) in [6, 6.07) is 3.56. The Morgan fingerprint density at radius 2 is 2.09 bits per heavy atom. The van der Waals surface area contributed by atoms with Gasteiger partial charge in [0.1, 0.15) is 0 Å². The third-order valence-electron chi connectivity index (χ3n) is 5.56. The number of aryl methyl sites for hydroxylation is 1. The minimum atomic E-state index is -0.975. The fourth-order valence-corrected chi connectivity index (χ4v) is 6.07. The van der Waals surface area contributed by atoms with Crippen molar-refractivity contribution < 1.29 is 24.1 Å². The van der Waals surface area contributed by atoms with E-state index in [1.807, 2.05) is 6.92 Å². The van der Waals surface area contributed by atoms with Gasteiger partial charge in [-0.05, 0) is 0 Å². The van der Waals surface area contributed by atoms with Crippen molar-refractivity contribution in [1.29, 1.82) is 0 Å². The van der Waals surface area contributed by atoms with Gasteiger partial charge in [0.2, 0.25) is 0 Å². The van der Waals surface area contributed by atoms with Crippen molar-refractivity contribution in [1.82, 2.24) is 19.9 Å². The van der Waals surface area contributed by atoms with E-state index < -0.39 is 11.9 Å². The van der Waals surface area contributed by atoms with E-state index >= 15 is 0 Å². The second-order valence-corrected chi connectivity index (χ2v) is 10.8. The van der Waals surface area contributed by atoms with Gasteiger partial charge in [-0.2, -0.15) is 0 Å². The molecule has 1 N–H and O–H groups in total. The standard InChI is InChI=1S/C22H27AsN4O5S/c1-13-20(33-22(23)26-13)18(21(28)29)19-14-10-16(30-2)17(11-15(14)24-12-25-19)32-7-3-4-27-5-8-31-9-6-27/h10-12,18H,3-9,23H2,1-2H3,(H,28,29). The molecule has 0 bridgehead atoms. The molecular formula is C22H27AsN4O5S. The molecule has 33 heavy (non-hydrogen) atoms. The van der Waals surface area contributed by atoms with Gasteiger partial charge in [0, 0.05) is 19.6 Å². The van der Waals surface area contributed by atoms with Gasteiger partial charge >= 0.3 is 162 Å². The normalized spacial score (nSPS) is 15.5. The first-order valence-electron chi connectivity index (χ1n) is 10.7. The smallest absolute Gasteiger partial charge is 0.379 e. The first kappa shape index (κ1) is 23.9. The van der Waals surface area contributed by atoms with E-state index in [1.165, 1.54) is 34.5 Å². The van der Waals surface area contributed by atoms with Crippen molar-refractivity contribution in [2.75, 3.05) is 46.6 Å². The van der Waals surface area contributed by atoms with Crippen LogP contribution in [0.1, 0.15) is 28.6 Å². The number of hydrogen-bond acceptors (Lipinski definition) is 9. The van der Waals surface area contributed by atoms with Crippen molar-refractivity contribution in [2.45, 2.75) is 19.3 Å². The van der Waals surface area contributed by atoms with Gasteiger partial charge in [-0.25, -0.2) is 0 Å². The quantitative estimate of drug-likeness (QED) is 0.318. The number of carbonyl (C=O) groups is 1. The molecule has 11 heteroatoms. The molecule has 0 amide bonds. The van der Waals surface area contributed by atoms with E-state index in [0.29, 0.717) is 45.3 Å². The van der Waals surface area contributed by atoms with E-state index in [0.717, 1.165) is 43.1 Å². The monoisotopic (exact) mass is 534 g/mol. The zero-order chi connectivity index (χ0) is 23.4. The zero-order valence-corrected chi connectivity index (χ0v) is 21.9. The van der Waals surface area contributed by atoms with E-state index in [-0.39, 0.29) is 0 Å². The summed E-state index contributed by atoms with van der Waals surface area (Å²) >= 11 is 2.77. The topological polar surface area (TPSA) is 107 Å². The van der Waals surface area contributed by atoms with Crippen LogP contribution in [0.15, 0.2) is 18.5 Å². The number of fused-ring (bicyclic) bond motifs is 1. The number of thiazole rings is 1. The van der Waals surface area contributed by atoms with Crippen LogP contribution in [-0.4, -0.2) is 94.3 Å². The van der Waals surface area contributed by atoms with Crippen LogP contribution < -0.4 is 13.3 Å². The average molecular weight is 534 g/mol. The third-order valence-corrected chi connectivity index (χ3v) is 7.63. The molecule has 2 atom stereocenters. The second kappa shape index (κ2) is 10.8. The first-order chi connectivity index (χ1) is 16.0. The van der Waals surface area contributed by atoms with Crippen molar-refractivity contribution >= 4 is 48.9 Å². The number of rotatable bonds is 9. The van der Waals surface area contributed by atoms with Crippen LogP contribution in [0.3, 0.4) is 0 Å². The van der Waals surface area contributed by atoms with E-state index in [9.17, 15) is 9.90 Å². The molecule has 1 fully saturated rings. The molecule has 9 nitrogen and oxygen atoms in total. The van der Waals surface area contributed by atoms with Gasteiger partial charge in [0.05, 0.1) is 13.2 Å². The molecule has 3 heterocycles. The number of nitrogens with zero attached hydrogens (tertiary/aromatic N) is 4. The summed E-state index contributed by atoms with van der Waals surface area (Å²) in [5, 5.41) is 10.7. The fraction of sp³-hybridized carbons (Fsp3) is 0.455.